The molecule has 0 unspecified atom stereocenters. The van der Waals surface area contributed by atoms with Crippen molar-refractivity contribution in [3.8, 4) is 0 Å². The van der Waals surface area contributed by atoms with Crippen LogP contribution < -0.4 is 0 Å². The summed E-state index contributed by atoms with van der Waals surface area (Å²) < 4.78 is 0. The molecule has 1 aliphatic carbocycles. The molecule has 0 atom stereocenters. The maximum atomic E-state index is 2.66. The van der Waals surface area contributed by atoms with E-state index in [9.17, 15) is 0 Å². The van der Waals surface area contributed by atoms with Gasteiger partial charge in [-0.2, -0.15) is 0 Å². The first kappa shape index (κ1) is 11.2. The molecule has 15 heavy (non-hydrogen) atoms. The maximum Gasteiger partial charge on any atom is 0.0330 e. The Morgan fingerprint density at radius 1 is 1.33 bits per heavy atom. The number of hydrogen-bond donors (Lipinski definition) is 0. The fraction of sp³-hybridized carbons (Fsp3) is 0.692. The Labute approximate surface area is 97.1 Å². The molecule has 1 aliphatic rings. The highest BCUT2D eigenvalue weighted by molar-refractivity contribution is 7.09. The van der Waals surface area contributed by atoms with Gasteiger partial charge in [-0.1, -0.05) is 32.3 Å². The van der Waals surface area contributed by atoms with Crippen LogP contribution in [0.5, 0.6) is 0 Å². The molecule has 0 saturated heterocycles. The first-order valence-corrected chi connectivity index (χ1v) is 7.04. The van der Waals surface area contributed by atoms with Gasteiger partial charge in [-0.15, -0.1) is 11.3 Å². The average Bonchev–Trinajstić information content (AvgIpc) is 2.80. The van der Waals surface area contributed by atoms with Crippen LogP contribution in [0.3, 0.4) is 0 Å². The summed E-state index contributed by atoms with van der Waals surface area (Å²) in [6, 6.07) is 5.27. The van der Waals surface area contributed by atoms with Gasteiger partial charge in [0.05, 0.1) is 0 Å². The summed E-state index contributed by atoms with van der Waals surface area (Å²) in [5.41, 5.74) is 0. The summed E-state index contributed by atoms with van der Waals surface area (Å²) in [4.78, 5) is 4.17. The molecule has 1 nitrogen and oxygen atoms in total. The third-order valence-electron chi connectivity index (χ3n) is 3.44. The van der Waals surface area contributed by atoms with Crippen molar-refractivity contribution in [2.24, 2.45) is 0 Å². The Bertz CT molecular complexity index is 262. The monoisotopic (exact) mass is 223 g/mol. The van der Waals surface area contributed by atoms with Gasteiger partial charge in [0.1, 0.15) is 0 Å². The Kier molecular flexibility index (Phi) is 4.21. The fourth-order valence-electron chi connectivity index (χ4n) is 2.55. The zero-order valence-electron chi connectivity index (χ0n) is 9.61. The van der Waals surface area contributed by atoms with Crippen molar-refractivity contribution in [3.05, 3.63) is 22.4 Å². The van der Waals surface area contributed by atoms with Gasteiger partial charge < -0.3 is 0 Å². The highest BCUT2D eigenvalue weighted by Gasteiger charge is 2.19. The highest BCUT2D eigenvalue weighted by atomic mass is 32.1. The molecule has 0 aliphatic heterocycles. The van der Waals surface area contributed by atoms with E-state index in [0.717, 1.165) is 6.04 Å². The molecule has 0 N–H and O–H groups in total. The molecule has 1 aromatic heterocycles. The smallest absolute Gasteiger partial charge is 0.0330 e. The van der Waals surface area contributed by atoms with E-state index in [1.807, 2.05) is 11.3 Å². The van der Waals surface area contributed by atoms with Gasteiger partial charge in [0.25, 0.3) is 0 Å². The predicted molar refractivity (Wildman–Crippen MR) is 67.3 cm³/mol. The third kappa shape index (κ3) is 3.05. The van der Waals surface area contributed by atoms with Crippen molar-refractivity contribution in [2.45, 2.75) is 51.6 Å². The minimum absolute atomic E-state index is 0.853. The van der Waals surface area contributed by atoms with E-state index in [-0.39, 0.29) is 0 Å². The van der Waals surface area contributed by atoms with Crippen LogP contribution in [0.15, 0.2) is 17.5 Å². The van der Waals surface area contributed by atoms with Crippen LogP contribution in [-0.4, -0.2) is 17.5 Å². The van der Waals surface area contributed by atoms with Crippen LogP contribution in [0.25, 0.3) is 0 Å². The summed E-state index contributed by atoms with van der Waals surface area (Å²) in [5.74, 6) is 0. The van der Waals surface area contributed by atoms with Gasteiger partial charge in [-0.05, 0) is 30.8 Å². The molecule has 84 valence electrons. The first-order chi connectivity index (χ1) is 7.40. The number of hydrogen-bond acceptors (Lipinski definition) is 2. The van der Waals surface area contributed by atoms with Gasteiger partial charge in [0.15, 0.2) is 0 Å². The van der Waals surface area contributed by atoms with Crippen LogP contribution >= 0.6 is 11.3 Å². The van der Waals surface area contributed by atoms with E-state index in [4.69, 9.17) is 0 Å². The topological polar surface area (TPSA) is 3.24 Å². The number of nitrogens with zero attached hydrogens (tertiary/aromatic N) is 1. The number of rotatable bonds is 4. The zero-order chi connectivity index (χ0) is 10.5. The normalized spacial score (nSPS) is 18.5. The summed E-state index contributed by atoms with van der Waals surface area (Å²) >= 11 is 1.89. The van der Waals surface area contributed by atoms with Crippen molar-refractivity contribution in [1.82, 2.24) is 4.90 Å². The van der Waals surface area contributed by atoms with Crippen molar-refractivity contribution >= 4 is 11.3 Å². The van der Waals surface area contributed by atoms with Gasteiger partial charge in [-0.3, -0.25) is 4.90 Å². The second-order valence-electron chi connectivity index (χ2n) is 4.43. The summed E-state index contributed by atoms with van der Waals surface area (Å²) in [5, 5.41) is 2.18. The SMILES string of the molecule is CCN(Cc1cccs1)C1CCCCC1. The van der Waals surface area contributed by atoms with Crippen LogP contribution in [0.1, 0.15) is 43.9 Å². The van der Waals surface area contributed by atoms with Gasteiger partial charge in [-0.25, -0.2) is 0 Å². The number of thiophene rings is 1. The Morgan fingerprint density at radius 2 is 2.13 bits per heavy atom. The summed E-state index contributed by atoms with van der Waals surface area (Å²) in [6.07, 6.45) is 7.16. The van der Waals surface area contributed by atoms with Gasteiger partial charge in [0.2, 0.25) is 0 Å². The second-order valence-corrected chi connectivity index (χ2v) is 5.47. The average molecular weight is 223 g/mol. The first-order valence-electron chi connectivity index (χ1n) is 6.16. The lowest BCUT2D eigenvalue weighted by Crippen LogP contribution is -2.35. The molecular weight excluding hydrogens is 202 g/mol. The molecule has 1 heterocycles. The molecule has 0 spiro atoms. The quantitative estimate of drug-likeness (QED) is 0.748. The summed E-state index contributed by atoms with van der Waals surface area (Å²) in [7, 11) is 0. The van der Waals surface area contributed by atoms with E-state index in [0.29, 0.717) is 0 Å². The lowest BCUT2D eigenvalue weighted by molar-refractivity contribution is 0.157. The molecular formula is C13H21NS. The molecule has 1 aromatic rings. The van der Waals surface area contributed by atoms with Crippen LogP contribution in [0, 0.1) is 0 Å². The van der Waals surface area contributed by atoms with E-state index in [2.05, 4.69) is 29.3 Å². The standard InChI is InChI=1S/C13H21NS/c1-2-14(11-13-9-6-10-15-13)12-7-4-3-5-8-12/h6,9-10,12H,2-5,7-8,11H2,1H3. The minimum Gasteiger partial charge on any atom is -0.296 e. The van der Waals surface area contributed by atoms with E-state index >= 15 is 0 Å². The molecule has 0 amide bonds. The van der Waals surface area contributed by atoms with Crippen molar-refractivity contribution in [1.29, 1.82) is 0 Å². The van der Waals surface area contributed by atoms with Crippen molar-refractivity contribution < 1.29 is 0 Å². The molecule has 0 radical (unpaired) electrons. The van der Waals surface area contributed by atoms with E-state index in [1.165, 1.54) is 50.1 Å². The molecule has 1 fully saturated rings. The van der Waals surface area contributed by atoms with E-state index < -0.39 is 0 Å². The highest BCUT2D eigenvalue weighted by Crippen LogP contribution is 2.24. The van der Waals surface area contributed by atoms with E-state index in [1.54, 1.807) is 0 Å². The minimum atomic E-state index is 0.853. The predicted octanol–water partition coefficient (Wildman–Crippen LogP) is 3.90. The van der Waals surface area contributed by atoms with Crippen LogP contribution in [0.4, 0.5) is 0 Å². The Morgan fingerprint density at radius 3 is 2.73 bits per heavy atom. The Hall–Kier alpha value is -0.340. The largest absolute Gasteiger partial charge is 0.296 e. The zero-order valence-corrected chi connectivity index (χ0v) is 10.4. The van der Waals surface area contributed by atoms with Crippen molar-refractivity contribution in [2.75, 3.05) is 6.54 Å². The lowest BCUT2D eigenvalue weighted by atomic mass is 9.94. The third-order valence-corrected chi connectivity index (χ3v) is 4.30. The maximum absolute atomic E-state index is 2.66. The van der Waals surface area contributed by atoms with Crippen molar-refractivity contribution in [3.63, 3.8) is 0 Å². The van der Waals surface area contributed by atoms with Gasteiger partial charge >= 0.3 is 0 Å². The van der Waals surface area contributed by atoms with Crippen LogP contribution in [-0.2, 0) is 6.54 Å². The molecule has 0 aromatic carbocycles. The molecule has 2 rings (SSSR count). The summed E-state index contributed by atoms with van der Waals surface area (Å²) in [6.45, 7) is 4.66. The second kappa shape index (κ2) is 5.66. The Balaban J connectivity index is 1.91. The fourth-order valence-corrected chi connectivity index (χ4v) is 3.28. The van der Waals surface area contributed by atoms with Gasteiger partial charge in [0, 0.05) is 17.5 Å². The molecule has 1 saturated carbocycles. The molecule has 2 heteroatoms. The van der Waals surface area contributed by atoms with Crippen LogP contribution in [0.2, 0.25) is 0 Å². The molecule has 0 bridgehead atoms. The lowest BCUT2D eigenvalue weighted by Gasteiger charge is -2.33.